The molecule has 10 heteroatoms. The van der Waals surface area contributed by atoms with Crippen molar-refractivity contribution in [2.45, 2.75) is 13.0 Å². The second-order valence-electron chi connectivity index (χ2n) is 6.13. The first-order chi connectivity index (χ1) is 13.4. The predicted octanol–water partition coefficient (Wildman–Crippen LogP) is 2.06. The normalized spacial score (nSPS) is 16.3. The molecule has 0 spiro atoms. The maximum Gasteiger partial charge on any atom is 0.415 e. The zero-order valence-corrected chi connectivity index (χ0v) is 14.6. The van der Waals surface area contributed by atoms with E-state index >= 15 is 0 Å². The van der Waals surface area contributed by atoms with Gasteiger partial charge in [0.2, 0.25) is 0 Å². The van der Waals surface area contributed by atoms with Gasteiger partial charge in [0.05, 0.1) is 12.2 Å². The van der Waals surface area contributed by atoms with E-state index in [1.165, 1.54) is 18.3 Å². The van der Waals surface area contributed by atoms with Gasteiger partial charge in [0.15, 0.2) is 11.9 Å². The van der Waals surface area contributed by atoms with E-state index in [0.717, 1.165) is 4.90 Å². The van der Waals surface area contributed by atoms with Crippen molar-refractivity contribution in [1.82, 2.24) is 15.1 Å². The van der Waals surface area contributed by atoms with Crippen molar-refractivity contribution in [3.63, 3.8) is 0 Å². The molecule has 1 aliphatic heterocycles. The maximum atomic E-state index is 14.7. The van der Waals surface area contributed by atoms with Gasteiger partial charge in [-0.3, -0.25) is 14.7 Å². The molecule has 142 valence electrons. The molecule has 2 amide bonds. The van der Waals surface area contributed by atoms with Crippen LogP contribution in [0.15, 0.2) is 41.1 Å². The zero-order valence-electron chi connectivity index (χ0n) is 14.6. The molecule has 2 aromatic heterocycles. The van der Waals surface area contributed by atoms with Gasteiger partial charge in [-0.05, 0) is 31.2 Å². The Morgan fingerprint density at radius 3 is 2.71 bits per heavy atom. The second kappa shape index (κ2) is 6.72. The van der Waals surface area contributed by atoms with Crippen LogP contribution in [0.25, 0.3) is 22.7 Å². The number of carbonyl (C=O) groups is 2. The summed E-state index contributed by atoms with van der Waals surface area (Å²) in [5.74, 6) is -0.551. The first kappa shape index (κ1) is 17.6. The number of amides is 2. The van der Waals surface area contributed by atoms with Crippen molar-refractivity contribution in [3.8, 4) is 22.7 Å². The number of ether oxygens (including phenoxy) is 1. The maximum absolute atomic E-state index is 14.7. The molecule has 0 bridgehead atoms. The van der Waals surface area contributed by atoms with Crippen molar-refractivity contribution in [1.29, 1.82) is 0 Å². The van der Waals surface area contributed by atoms with Crippen LogP contribution in [0.5, 0.6) is 0 Å². The number of hydrogen-bond donors (Lipinski definition) is 1. The number of anilines is 1. The summed E-state index contributed by atoms with van der Waals surface area (Å²) < 4.78 is 24.6. The third kappa shape index (κ3) is 3.15. The average molecular weight is 383 g/mol. The fraction of sp³-hybridized carbons (Fsp3) is 0.167. The van der Waals surface area contributed by atoms with E-state index in [9.17, 15) is 14.0 Å². The molecule has 0 unspecified atom stereocenters. The van der Waals surface area contributed by atoms with E-state index in [1.54, 1.807) is 25.1 Å². The summed E-state index contributed by atoms with van der Waals surface area (Å²) in [5.41, 5.74) is 6.71. The van der Waals surface area contributed by atoms with Crippen LogP contribution < -0.4 is 10.6 Å². The van der Waals surface area contributed by atoms with Crippen LogP contribution in [0.2, 0.25) is 0 Å². The van der Waals surface area contributed by atoms with Crippen molar-refractivity contribution >= 4 is 17.7 Å². The first-order valence-corrected chi connectivity index (χ1v) is 8.26. The van der Waals surface area contributed by atoms with Crippen molar-refractivity contribution in [3.05, 3.63) is 48.2 Å². The smallest absolute Gasteiger partial charge is 0.415 e. The van der Waals surface area contributed by atoms with Gasteiger partial charge in [-0.25, -0.2) is 9.18 Å². The third-order valence-electron chi connectivity index (χ3n) is 4.21. The van der Waals surface area contributed by atoms with Gasteiger partial charge in [-0.1, -0.05) is 11.2 Å². The van der Waals surface area contributed by atoms with E-state index in [-0.39, 0.29) is 18.1 Å². The molecular weight excluding hydrogens is 369 g/mol. The number of carbonyl (C=O) groups excluding carboxylic acids is 2. The molecule has 4 rings (SSSR count). The number of primary amides is 1. The number of aromatic nitrogens is 3. The summed E-state index contributed by atoms with van der Waals surface area (Å²) in [5, 5.41) is 3.70. The molecule has 1 aromatic carbocycles. The van der Waals surface area contributed by atoms with Gasteiger partial charge < -0.3 is 15.0 Å². The molecule has 1 saturated heterocycles. The molecule has 9 nitrogen and oxygen atoms in total. The number of aryl methyl sites for hydroxylation is 1. The lowest BCUT2D eigenvalue weighted by Gasteiger charge is -2.14. The van der Waals surface area contributed by atoms with Crippen LogP contribution >= 0.6 is 0 Å². The Kier molecular flexibility index (Phi) is 4.22. The molecule has 3 aromatic rings. The standard InChI is InChI=1S/C18H14FN5O4/c1-9-22-17(28-23-9)14-5-2-10(7-21-14)12-4-3-11(6-13(12)19)24-8-15(16(20)25)27-18(24)26/h2-7,15H,8H2,1H3,(H2,20,25)/t15-/m1/s1. The second-order valence-corrected chi connectivity index (χ2v) is 6.13. The molecule has 1 aliphatic rings. The van der Waals surface area contributed by atoms with Crippen LogP contribution in [-0.2, 0) is 9.53 Å². The fourth-order valence-electron chi connectivity index (χ4n) is 2.81. The highest BCUT2D eigenvalue weighted by atomic mass is 19.1. The molecule has 0 saturated carbocycles. The van der Waals surface area contributed by atoms with Gasteiger partial charge in [-0.15, -0.1) is 0 Å². The van der Waals surface area contributed by atoms with Crippen LogP contribution in [0.4, 0.5) is 14.9 Å². The summed E-state index contributed by atoms with van der Waals surface area (Å²) in [6.45, 7) is 1.63. The van der Waals surface area contributed by atoms with E-state index in [4.69, 9.17) is 15.0 Å². The van der Waals surface area contributed by atoms with E-state index < -0.39 is 23.9 Å². The average Bonchev–Trinajstić information content (AvgIpc) is 3.28. The summed E-state index contributed by atoms with van der Waals surface area (Å²) in [7, 11) is 0. The summed E-state index contributed by atoms with van der Waals surface area (Å²) in [6, 6.07) is 7.58. The van der Waals surface area contributed by atoms with Crippen molar-refractivity contribution in [2.75, 3.05) is 11.4 Å². The summed E-state index contributed by atoms with van der Waals surface area (Å²) in [4.78, 5) is 32.5. The minimum atomic E-state index is -1.06. The van der Waals surface area contributed by atoms with Crippen LogP contribution in [0.1, 0.15) is 5.82 Å². The Morgan fingerprint density at radius 2 is 2.14 bits per heavy atom. The number of pyridine rings is 1. The van der Waals surface area contributed by atoms with Gasteiger partial charge in [0.1, 0.15) is 11.5 Å². The summed E-state index contributed by atoms with van der Waals surface area (Å²) >= 11 is 0. The number of nitrogens with two attached hydrogens (primary N) is 1. The number of halogens is 1. The van der Waals surface area contributed by atoms with Crippen LogP contribution in [-0.4, -0.2) is 39.8 Å². The Hall–Kier alpha value is -3.82. The molecule has 2 N–H and O–H groups in total. The molecule has 1 atom stereocenters. The molecule has 0 radical (unpaired) electrons. The monoisotopic (exact) mass is 383 g/mol. The molecule has 28 heavy (non-hydrogen) atoms. The van der Waals surface area contributed by atoms with Gasteiger partial charge in [0, 0.05) is 17.3 Å². The number of cyclic esters (lactones) is 1. The summed E-state index contributed by atoms with van der Waals surface area (Å²) in [6.07, 6.45) is -0.322. The van der Waals surface area contributed by atoms with Crippen molar-refractivity contribution in [2.24, 2.45) is 5.73 Å². The highest BCUT2D eigenvalue weighted by Crippen LogP contribution is 2.29. The molecule has 0 aliphatic carbocycles. The van der Waals surface area contributed by atoms with E-state index in [2.05, 4.69) is 15.1 Å². The number of rotatable bonds is 4. The first-order valence-electron chi connectivity index (χ1n) is 8.26. The third-order valence-corrected chi connectivity index (χ3v) is 4.21. The molecular formula is C18H14FN5O4. The number of benzene rings is 1. The Balaban J connectivity index is 1.58. The minimum absolute atomic E-state index is 0.0627. The zero-order chi connectivity index (χ0) is 19.8. The highest BCUT2D eigenvalue weighted by Gasteiger charge is 2.36. The number of nitrogens with zero attached hydrogens (tertiary/aromatic N) is 4. The highest BCUT2D eigenvalue weighted by molar-refractivity contribution is 5.95. The lowest BCUT2D eigenvalue weighted by molar-refractivity contribution is -0.124. The number of hydrogen-bond acceptors (Lipinski definition) is 7. The quantitative estimate of drug-likeness (QED) is 0.731. The van der Waals surface area contributed by atoms with Gasteiger partial charge in [-0.2, -0.15) is 4.98 Å². The fourth-order valence-corrected chi connectivity index (χ4v) is 2.81. The topological polar surface area (TPSA) is 124 Å². The Morgan fingerprint density at radius 1 is 1.32 bits per heavy atom. The Labute approximate surface area is 157 Å². The van der Waals surface area contributed by atoms with Crippen molar-refractivity contribution < 1.29 is 23.2 Å². The van der Waals surface area contributed by atoms with Gasteiger partial charge >= 0.3 is 6.09 Å². The van der Waals surface area contributed by atoms with E-state index in [0.29, 0.717) is 22.6 Å². The SMILES string of the molecule is Cc1noc(-c2ccc(-c3ccc(N4C[C@H](C(N)=O)OC4=O)cc3F)cn2)n1. The molecule has 1 fully saturated rings. The van der Waals surface area contributed by atoms with Crippen LogP contribution in [0.3, 0.4) is 0 Å². The molecule has 3 heterocycles. The lowest BCUT2D eigenvalue weighted by atomic mass is 10.1. The minimum Gasteiger partial charge on any atom is -0.434 e. The predicted molar refractivity (Wildman–Crippen MR) is 94.5 cm³/mol. The van der Waals surface area contributed by atoms with Gasteiger partial charge in [0.25, 0.3) is 11.8 Å². The van der Waals surface area contributed by atoms with E-state index in [1.807, 2.05) is 0 Å². The lowest BCUT2D eigenvalue weighted by Crippen LogP contribution is -2.32. The van der Waals surface area contributed by atoms with Crippen LogP contribution in [0, 0.1) is 12.7 Å². The largest absolute Gasteiger partial charge is 0.434 e. The Bertz CT molecular complexity index is 1070.